The van der Waals surface area contributed by atoms with Gasteiger partial charge in [-0.25, -0.2) is 0 Å². The van der Waals surface area contributed by atoms with Crippen LogP contribution in [0.2, 0.25) is 0 Å². The summed E-state index contributed by atoms with van der Waals surface area (Å²) in [6.45, 7) is 4.72. The molecule has 33 heavy (non-hydrogen) atoms. The van der Waals surface area contributed by atoms with E-state index in [-0.39, 0.29) is 5.78 Å². The van der Waals surface area contributed by atoms with Crippen LogP contribution in [0.5, 0.6) is 5.75 Å². The normalized spacial score (nSPS) is 15.9. The average Bonchev–Trinajstić information content (AvgIpc) is 3.16. The first kappa shape index (κ1) is 21.1. The number of hydrogen-bond donors (Lipinski definition) is 0. The molecule has 3 aromatic carbocycles. The molecular formula is C28H24N2O3. The van der Waals surface area contributed by atoms with Crippen molar-refractivity contribution in [2.75, 3.05) is 39.5 Å². The van der Waals surface area contributed by atoms with E-state index >= 15 is 0 Å². The molecule has 1 aliphatic carbocycles. The van der Waals surface area contributed by atoms with Gasteiger partial charge in [-0.15, -0.1) is 0 Å². The molecule has 5 heteroatoms. The Labute approximate surface area is 193 Å². The highest BCUT2D eigenvalue weighted by atomic mass is 16.5. The minimum absolute atomic E-state index is 0.0785. The van der Waals surface area contributed by atoms with Crippen molar-refractivity contribution >= 4 is 16.9 Å². The van der Waals surface area contributed by atoms with Crippen LogP contribution in [0.3, 0.4) is 0 Å². The van der Waals surface area contributed by atoms with Crippen LogP contribution in [0, 0.1) is 11.3 Å². The average molecular weight is 437 g/mol. The number of ether oxygens (including phenoxy) is 2. The van der Waals surface area contributed by atoms with E-state index in [0.717, 1.165) is 49.5 Å². The summed E-state index contributed by atoms with van der Waals surface area (Å²) in [4.78, 5) is 16.0. The summed E-state index contributed by atoms with van der Waals surface area (Å²) >= 11 is 0. The zero-order valence-corrected chi connectivity index (χ0v) is 18.3. The van der Waals surface area contributed by atoms with Gasteiger partial charge in [0, 0.05) is 41.9 Å². The Hall–Kier alpha value is -3.72. The van der Waals surface area contributed by atoms with Gasteiger partial charge in [-0.1, -0.05) is 48.5 Å². The Morgan fingerprint density at radius 1 is 0.879 bits per heavy atom. The second-order valence-corrected chi connectivity index (χ2v) is 8.11. The fourth-order valence-electron chi connectivity index (χ4n) is 4.48. The highest BCUT2D eigenvalue weighted by molar-refractivity contribution is 6.41. The minimum Gasteiger partial charge on any atom is -0.492 e. The van der Waals surface area contributed by atoms with Gasteiger partial charge in [-0.2, -0.15) is 5.26 Å². The summed E-state index contributed by atoms with van der Waals surface area (Å²) in [5.74, 6) is 0.600. The number of benzene rings is 3. The van der Waals surface area contributed by atoms with E-state index in [2.05, 4.69) is 11.0 Å². The van der Waals surface area contributed by atoms with Crippen molar-refractivity contribution in [1.29, 1.82) is 5.26 Å². The molecule has 5 rings (SSSR count). The highest BCUT2D eigenvalue weighted by Gasteiger charge is 2.32. The molecule has 5 nitrogen and oxygen atoms in total. The first-order chi connectivity index (χ1) is 16.3. The van der Waals surface area contributed by atoms with Crippen molar-refractivity contribution in [3.05, 3.63) is 101 Å². The van der Waals surface area contributed by atoms with Crippen molar-refractivity contribution in [3.63, 3.8) is 0 Å². The third kappa shape index (κ3) is 4.19. The number of nitrogens with zero attached hydrogens (tertiary/aromatic N) is 2. The number of ketones is 1. The molecule has 1 heterocycles. The number of carbonyl (C=O) groups excluding carboxylic acids is 1. The molecule has 1 fully saturated rings. The molecule has 2 aliphatic rings. The molecular weight excluding hydrogens is 412 g/mol. The Balaban J connectivity index is 1.49. The number of Topliss-reactive ketones (excluding diaryl/α,β-unsaturated/α-hetero) is 1. The van der Waals surface area contributed by atoms with Gasteiger partial charge in [0.1, 0.15) is 12.4 Å². The zero-order chi connectivity index (χ0) is 22.6. The number of fused-ring (bicyclic) bond motifs is 1. The maximum absolute atomic E-state index is 13.7. The van der Waals surface area contributed by atoms with E-state index in [1.165, 1.54) is 0 Å². The van der Waals surface area contributed by atoms with E-state index in [9.17, 15) is 10.1 Å². The molecule has 0 aromatic heterocycles. The Morgan fingerprint density at radius 3 is 2.42 bits per heavy atom. The second-order valence-electron chi connectivity index (χ2n) is 8.11. The molecule has 1 aliphatic heterocycles. The van der Waals surface area contributed by atoms with Crippen molar-refractivity contribution in [1.82, 2.24) is 4.90 Å². The lowest BCUT2D eigenvalue weighted by Gasteiger charge is -2.26. The number of allylic oxidation sites excluding steroid dienone is 1. The SMILES string of the molecule is N#Cc1ccccc1C1=C(c2ccccc2)c2ccc(OCCN3CCOCC3)cc2C1=O. The first-order valence-corrected chi connectivity index (χ1v) is 11.2. The fraction of sp³-hybridized carbons (Fsp3) is 0.214. The maximum atomic E-state index is 13.7. The quantitative estimate of drug-likeness (QED) is 0.572. The summed E-state index contributed by atoms with van der Waals surface area (Å²) in [5, 5.41) is 9.67. The van der Waals surface area contributed by atoms with Crippen LogP contribution < -0.4 is 4.74 Å². The molecule has 1 saturated heterocycles. The molecule has 0 N–H and O–H groups in total. The number of rotatable bonds is 6. The van der Waals surface area contributed by atoms with Crippen LogP contribution in [-0.2, 0) is 4.74 Å². The van der Waals surface area contributed by atoms with Gasteiger partial charge >= 0.3 is 0 Å². The van der Waals surface area contributed by atoms with Crippen LogP contribution in [-0.4, -0.2) is 50.1 Å². The van der Waals surface area contributed by atoms with Gasteiger partial charge in [0.25, 0.3) is 0 Å². The standard InChI is InChI=1S/C28H24N2O3/c29-19-21-8-4-5-9-23(21)27-26(20-6-2-1-3-7-20)24-11-10-22(18-25(24)28(27)31)33-17-14-30-12-15-32-16-13-30/h1-11,18H,12-17H2. The molecule has 0 atom stereocenters. The Kier molecular flexibility index (Phi) is 6.03. The molecule has 0 radical (unpaired) electrons. The van der Waals surface area contributed by atoms with E-state index < -0.39 is 0 Å². The van der Waals surface area contributed by atoms with Crippen molar-refractivity contribution in [3.8, 4) is 11.8 Å². The molecule has 0 saturated carbocycles. The molecule has 0 amide bonds. The van der Waals surface area contributed by atoms with Gasteiger partial charge in [0.15, 0.2) is 5.78 Å². The van der Waals surface area contributed by atoms with Gasteiger partial charge in [0.05, 0.1) is 24.8 Å². The van der Waals surface area contributed by atoms with Crippen LogP contribution in [0.4, 0.5) is 0 Å². The van der Waals surface area contributed by atoms with E-state index in [0.29, 0.717) is 34.6 Å². The van der Waals surface area contributed by atoms with Crippen molar-refractivity contribution in [2.45, 2.75) is 0 Å². The lowest BCUT2D eigenvalue weighted by molar-refractivity contribution is 0.0322. The smallest absolute Gasteiger partial charge is 0.195 e. The van der Waals surface area contributed by atoms with Crippen LogP contribution >= 0.6 is 0 Å². The molecule has 3 aromatic rings. The number of nitriles is 1. The lowest BCUT2D eigenvalue weighted by atomic mass is 9.92. The van der Waals surface area contributed by atoms with E-state index in [1.54, 1.807) is 6.07 Å². The van der Waals surface area contributed by atoms with Gasteiger partial charge in [-0.3, -0.25) is 9.69 Å². The number of hydrogen-bond acceptors (Lipinski definition) is 5. The number of carbonyl (C=O) groups is 1. The third-order valence-electron chi connectivity index (χ3n) is 6.14. The molecule has 0 spiro atoms. The summed E-state index contributed by atoms with van der Waals surface area (Å²) in [7, 11) is 0. The predicted molar refractivity (Wildman–Crippen MR) is 127 cm³/mol. The second kappa shape index (κ2) is 9.41. The molecule has 0 bridgehead atoms. The Bertz CT molecular complexity index is 1250. The van der Waals surface area contributed by atoms with Crippen LogP contribution in [0.1, 0.15) is 32.6 Å². The fourth-order valence-corrected chi connectivity index (χ4v) is 4.48. The predicted octanol–water partition coefficient (Wildman–Crippen LogP) is 4.42. The topological polar surface area (TPSA) is 62.6 Å². The van der Waals surface area contributed by atoms with Gasteiger partial charge < -0.3 is 9.47 Å². The first-order valence-electron chi connectivity index (χ1n) is 11.2. The van der Waals surface area contributed by atoms with E-state index in [1.807, 2.05) is 66.7 Å². The molecule has 0 unspecified atom stereocenters. The summed E-state index contributed by atoms with van der Waals surface area (Å²) in [6.07, 6.45) is 0. The van der Waals surface area contributed by atoms with Crippen molar-refractivity contribution in [2.24, 2.45) is 0 Å². The van der Waals surface area contributed by atoms with Crippen LogP contribution in [0.15, 0.2) is 72.8 Å². The van der Waals surface area contributed by atoms with E-state index in [4.69, 9.17) is 9.47 Å². The highest BCUT2D eigenvalue weighted by Crippen LogP contribution is 2.43. The third-order valence-corrected chi connectivity index (χ3v) is 6.14. The monoisotopic (exact) mass is 436 g/mol. The summed E-state index contributed by atoms with van der Waals surface area (Å²) in [5.41, 5.74) is 5.01. The van der Waals surface area contributed by atoms with Gasteiger partial charge in [0.2, 0.25) is 0 Å². The number of morpholine rings is 1. The maximum Gasteiger partial charge on any atom is 0.195 e. The van der Waals surface area contributed by atoms with Gasteiger partial charge in [-0.05, 0) is 35.4 Å². The lowest BCUT2D eigenvalue weighted by Crippen LogP contribution is -2.38. The summed E-state index contributed by atoms with van der Waals surface area (Å²) in [6, 6.07) is 25.1. The largest absolute Gasteiger partial charge is 0.492 e. The van der Waals surface area contributed by atoms with Crippen molar-refractivity contribution < 1.29 is 14.3 Å². The Morgan fingerprint density at radius 2 is 1.64 bits per heavy atom. The summed E-state index contributed by atoms with van der Waals surface area (Å²) < 4.78 is 11.4. The zero-order valence-electron chi connectivity index (χ0n) is 18.3. The minimum atomic E-state index is -0.0785. The molecule has 164 valence electrons. The van der Waals surface area contributed by atoms with Crippen LogP contribution in [0.25, 0.3) is 11.1 Å².